The lowest BCUT2D eigenvalue weighted by atomic mass is 9.95. The first kappa shape index (κ1) is 54.4. The standard InChI is InChI=1S/C31H39N5O5Si.C24H23N5O4/c1-22-9-8-10-27(33-22)41-30-34-28(35-36(30)21-39-17-18-42(5,6)7)24-13-11-23(12-14-24)25-15-16-26(32-19-25)40-20-31(2,3)29(37)38-4;1-15-5-4-6-20(26-15)33-23-27-21(28-29-23)17-9-7-16(8-10-17)18-11-12-19(25-13-18)32-14-24(2,3)22(30)31/h8-16,19H,17-18,20-21H2,1-7H3;4-13H,14H2,1-3H3,(H,30,31)(H,27,28,29). The van der Waals surface area contributed by atoms with Gasteiger partial charge in [0.15, 0.2) is 11.6 Å². The number of benzene rings is 2. The van der Waals surface area contributed by atoms with Gasteiger partial charge in [-0.05, 0) is 83.0 Å². The van der Waals surface area contributed by atoms with Gasteiger partial charge < -0.3 is 33.5 Å². The number of aliphatic carboxylic acids is 1. The summed E-state index contributed by atoms with van der Waals surface area (Å²) < 4.78 is 35.3. The van der Waals surface area contributed by atoms with Gasteiger partial charge in [-0.25, -0.2) is 19.9 Å². The maximum atomic E-state index is 11.9. The fourth-order valence-corrected chi connectivity index (χ4v) is 7.46. The number of ether oxygens (including phenoxy) is 6. The molecule has 0 saturated carbocycles. The number of rotatable bonds is 21. The number of nitrogens with zero attached hydrogens (tertiary/aromatic N) is 9. The summed E-state index contributed by atoms with van der Waals surface area (Å²) in [6.45, 7) is 18.6. The summed E-state index contributed by atoms with van der Waals surface area (Å²) in [5.41, 5.74) is 5.37. The van der Waals surface area contributed by atoms with Crippen LogP contribution in [0.15, 0.2) is 122 Å². The summed E-state index contributed by atoms with van der Waals surface area (Å²) in [7, 11) is 0.148. The summed E-state index contributed by atoms with van der Waals surface area (Å²) in [4.78, 5) is 49.5. The molecule has 19 nitrogen and oxygen atoms in total. The van der Waals surface area contributed by atoms with E-state index in [2.05, 4.69) is 64.8 Å². The molecule has 2 aromatic carbocycles. The zero-order valence-electron chi connectivity index (χ0n) is 43.8. The molecule has 6 heterocycles. The van der Waals surface area contributed by atoms with Gasteiger partial charge in [-0.1, -0.05) is 80.3 Å². The van der Waals surface area contributed by atoms with Crippen LogP contribution < -0.4 is 18.9 Å². The van der Waals surface area contributed by atoms with Crippen molar-refractivity contribution in [1.82, 2.24) is 49.9 Å². The number of aromatic nitrogens is 10. The van der Waals surface area contributed by atoms with Crippen LogP contribution in [0.4, 0.5) is 0 Å². The summed E-state index contributed by atoms with van der Waals surface area (Å²) in [6, 6.07) is 35.6. The van der Waals surface area contributed by atoms with E-state index in [1.807, 2.05) is 98.8 Å². The molecule has 390 valence electrons. The molecule has 8 rings (SSSR count). The molecule has 0 aliphatic rings. The topological polar surface area (TPSA) is 234 Å². The molecular formula is C55H62N10O9Si. The largest absolute Gasteiger partial charge is 0.481 e. The Bertz CT molecular complexity index is 3160. The van der Waals surface area contributed by atoms with E-state index in [4.69, 9.17) is 28.4 Å². The molecule has 0 fully saturated rings. The Morgan fingerprint density at radius 1 is 0.627 bits per heavy atom. The van der Waals surface area contributed by atoms with Gasteiger partial charge in [-0.15, -0.1) is 10.2 Å². The third-order valence-corrected chi connectivity index (χ3v) is 13.1. The Morgan fingerprint density at radius 2 is 1.15 bits per heavy atom. The molecule has 0 saturated heterocycles. The molecule has 0 bridgehead atoms. The number of hydrogen-bond donors (Lipinski definition) is 2. The highest BCUT2D eigenvalue weighted by molar-refractivity contribution is 6.76. The number of carbonyl (C=O) groups is 2. The van der Waals surface area contributed by atoms with Crippen molar-refractivity contribution in [3.8, 4) is 80.6 Å². The average molecular weight is 1040 g/mol. The number of aryl methyl sites for hydroxylation is 2. The van der Waals surface area contributed by atoms with E-state index < -0.39 is 24.9 Å². The van der Waals surface area contributed by atoms with Crippen LogP contribution in [0.2, 0.25) is 25.7 Å². The number of carboxylic acid groups (broad SMARTS) is 1. The molecule has 0 aliphatic carbocycles. The summed E-state index contributed by atoms with van der Waals surface area (Å²) in [5, 5.41) is 20.8. The summed E-state index contributed by atoms with van der Waals surface area (Å²) in [5.74, 6) is 1.53. The van der Waals surface area contributed by atoms with Crippen molar-refractivity contribution in [3.63, 3.8) is 0 Å². The van der Waals surface area contributed by atoms with Gasteiger partial charge in [-0.2, -0.15) is 14.6 Å². The normalized spacial score (nSPS) is 11.5. The van der Waals surface area contributed by atoms with Crippen LogP contribution in [-0.2, 0) is 25.8 Å². The quantitative estimate of drug-likeness (QED) is 0.0387. The van der Waals surface area contributed by atoms with E-state index >= 15 is 0 Å². The number of pyridine rings is 4. The van der Waals surface area contributed by atoms with Crippen molar-refractivity contribution in [2.75, 3.05) is 26.9 Å². The molecule has 20 heteroatoms. The molecule has 8 aromatic rings. The first-order valence-electron chi connectivity index (χ1n) is 24.1. The van der Waals surface area contributed by atoms with Crippen molar-refractivity contribution in [1.29, 1.82) is 0 Å². The van der Waals surface area contributed by atoms with Crippen molar-refractivity contribution in [2.24, 2.45) is 10.8 Å². The van der Waals surface area contributed by atoms with Gasteiger partial charge in [0.2, 0.25) is 23.5 Å². The summed E-state index contributed by atoms with van der Waals surface area (Å²) >= 11 is 0. The Morgan fingerprint density at radius 3 is 1.65 bits per heavy atom. The van der Waals surface area contributed by atoms with E-state index in [0.717, 1.165) is 50.8 Å². The zero-order chi connectivity index (χ0) is 53.8. The molecule has 0 atom stereocenters. The van der Waals surface area contributed by atoms with Crippen LogP contribution in [0.1, 0.15) is 39.1 Å². The van der Waals surface area contributed by atoms with Crippen molar-refractivity contribution >= 4 is 20.0 Å². The van der Waals surface area contributed by atoms with Crippen molar-refractivity contribution in [2.45, 2.75) is 74.0 Å². The number of nitrogens with one attached hydrogen (secondary N) is 1. The van der Waals surface area contributed by atoms with Crippen LogP contribution in [0.3, 0.4) is 0 Å². The lowest BCUT2D eigenvalue weighted by Gasteiger charge is -2.21. The Balaban J connectivity index is 0.000000225. The number of H-pyrrole nitrogens is 1. The van der Waals surface area contributed by atoms with E-state index in [0.29, 0.717) is 47.8 Å². The molecular weight excluding hydrogens is 973 g/mol. The summed E-state index contributed by atoms with van der Waals surface area (Å²) in [6.07, 6.45) is 3.42. The molecule has 2 N–H and O–H groups in total. The molecule has 0 amide bonds. The monoisotopic (exact) mass is 1030 g/mol. The number of carboxylic acids is 1. The maximum Gasteiger partial charge on any atom is 0.342 e. The smallest absolute Gasteiger partial charge is 0.342 e. The lowest BCUT2D eigenvalue weighted by molar-refractivity contribution is -0.152. The molecule has 0 spiro atoms. The van der Waals surface area contributed by atoms with Crippen molar-refractivity contribution in [3.05, 3.63) is 133 Å². The fraction of sp³-hybridized carbons (Fsp3) is 0.309. The second-order valence-corrected chi connectivity index (χ2v) is 25.7. The first-order valence-corrected chi connectivity index (χ1v) is 27.8. The number of carbonyl (C=O) groups excluding carboxylic acids is 1. The van der Waals surface area contributed by atoms with Gasteiger partial charge in [0.05, 0.1) is 17.9 Å². The third-order valence-electron chi connectivity index (χ3n) is 11.3. The highest BCUT2D eigenvalue weighted by Crippen LogP contribution is 2.29. The molecule has 0 aliphatic heterocycles. The minimum Gasteiger partial charge on any atom is -0.481 e. The minimum atomic E-state index is -1.22. The lowest BCUT2D eigenvalue weighted by Crippen LogP contribution is -2.32. The highest BCUT2D eigenvalue weighted by atomic mass is 28.3. The molecule has 0 unspecified atom stereocenters. The molecule has 0 radical (unpaired) electrons. The number of hydrogen-bond acceptors (Lipinski definition) is 16. The minimum absolute atomic E-state index is 0.0339. The molecule has 75 heavy (non-hydrogen) atoms. The van der Waals surface area contributed by atoms with Gasteiger partial charge in [0.1, 0.15) is 19.9 Å². The third kappa shape index (κ3) is 15.6. The zero-order valence-corrected chi connectivity index (χ0v) is 44.8. The Hall–Kier alpha value is -8.36. The van der Waals surface area contributed by atoms with Crippen LogP contribution in [-0.4, -0.2) is 102 Å². The molecule has 6 aromatic heterocycles. The van der Waals surface area contributed by atoms with Gasteiger partial charge in [-0.3, -0.25) is 14.7 Å². The number of esters is 1. The SMILES string of the molecule is COC(=O)C(C)(C)COc1ccc(-c2ccc(-c3nc(Oc4cccc(C)n4)n(COCC[Si](C)(C)C)n3)cc2)cn1.Cc1cccc(Oc2n[nH]c(-c3ccc(-c4ccc(OCC(C)(C)C(=O)O)nc4)cc3)n2)n1. The first-order chi connectivity index (χ1) is 35.7. The Kier molecular flexibility index (Phi) is 17.5. The predicted molar refractivity (Wildman–Crippen MR) is 284 cm³/mol. The van der Waals surface area contributed by atoms with Crippen LogP contribution in [0.5, 0.6) is 35.5 Å². The second-order valence-electron chi connectivity index (χ2n) is 20.0. The predicted octanol–water partition coefficient (Wildman–Crippen LogP) is 10.9. The van der Waals surface area contributed by atoms with E-state index in [-0.39, 0.29) is 31.9 Å². The van der Waals surface area contributed by atoms with E-state index in [1.54, 1.807) is 69.0 Å². The van der Waals surface area contributed by atoms with Gasteiger partial charge in [0, 0.05) is 85.0 Å². The van der Waals surface area contributed by atoms with Crippen LogP contribution in [0.25, 0.3) is 45.0 Å². The fourth-order valence-electron chi connectivity index (χ4n) is 6.71. The maximum absolute atomic E-state index is 11.9. The second kappa shape index (κ2) is 24.1. The van der Waals surface area contributed by atoms with Gasteiger partial charge in [0.25, 0.3) is 0 Å². The van der Waals surface area contributed by atoms with Gasteiger partial charge >= 0.3 is 24.0 Å². The average Bonchev–Trinajstić information content (AvgIpc) is 4.03. The van der Waals surface area contributed by atoms with E-state index in [1.165, 1.54) is 7.11 Å². The highest BCUT2D eigenvalue weighted by Gasteiger charge is 2.30. The van der Waals surface area contributed by atoms with Crippen LogP contribution >= 0.6 is 0 Å². The Labute approximate surface area is 436 Å². The van der Waals surface area contributed by atoms with Crippen LogP contribution in [0, 0.1) is 24.7 Å². The number of aromatic amines is 1. The van der Waals surface area contributed by atoms with Crippen molar-refractivity contribution < 1.29 is 43.1 Å². The van der Waals surface area contributed by atoms with E-state index in [9.17, 15) is 14.7 Å². The number of methoxy groups -OCH3 is 1.